The van der Waals surface area contributed by atoms with E-state index in [-0.39, 0.29) is 10.8 Å². The minimum absolute atomic E-state index is 0.00406. The van der Waals surface area contributed by atoms with Crippen LogP contribution in [0, 0.1) is 5.82 Å². The molecule has 0 aromatic heterocycles. The highest BCUT2D eigenvalue weighted by Crippen LogP contribution is 2.39. The van der Waals surface area contributed by atoms with Crippen molar-refractivity contribution in [2.45, 2.75) is 13.0 Å². The molecule has 0 aliphatic rings. The number of benzene rings is 2. The van der Waals surface area contributed by atoms with Gasteiger partial charge in [0.25, 0.3) is 0 Å². The number of halogens is 3. The number of aliphatic hydroxyl groups is 1. The number of aliphatic hydroxyl groups excluding tert-OH is 1. The Labute approximate surface area is 135 Å². The maximum absolute atomic E-state index is 13.6. The minimum atomic E-state index is -0.799. The van der Waals surface area contributed by atoms with Gasteiger partial charge in [0.2, 0.25) is 0 Å². The van der Waals surface area contributed by atoms with Crippen LogP contribution in [0.2, 0.25) is 5.02 Å². The highest BCUT2D eigenvalue weighted by atomic mass is 79.9. The fraction of sp³-hybridized carbons (Fsp3) is 0.200. The molecule has 0 aliphatic heterocycles. The molecule has 0 heterocycles. The summed E-state index contributed by atoms with van der Waals surface area (Å²) >= 11 is 8.96. The largest absolute Gasteiger partial charge is 0.496 e. The molecule has 112 valence electrons. The van der Waals surface area contributed by atoms with Gasteiger partial charge >= 0.3 is 0 Å². The molecule has 0 amide bonds. The van der Waals surface area contributed by atoms with Crippen molar-refractivity contribution in [2.24, 2.45) is 0 Å². The van der Waals surface area contributed by atoms with Crippen molar-refractivity contribution in [3.05, 3.63) is 51.2 Å². The van der Waals surface area contributed by atoms with E-state index in [1.807, 2.05) is 0 Å². The molecular formula is C15H13BrClFO3. The molecular weight excluding hydrogens is 363 g/mol. The lowest BCUT2D eigenvalue weighted by molar-refractivity contribution is 0.190. The number of hydrogen-bond acceptors (Lipinski definition) is 3. The standard InChI is InChI=1S/C15H13BrClFO3/c1-8(19)15-12(20-2)4-3-5-13(15)21-14-7-11(18)10(17)6-9(14)16/h3-8,19H,1-2H3/t8-/m1/s1. The molecule has 0 fully saturated rings. The zero-order valence-corrected chi connectivity index (χ0v) is 13.7. The molecule has 0 bridgehead atoms. The van der Waals surface area contributed by atoms with Gasteiger partial charge in [-0.2, -0.15) is 0 Å². The first-order chi connectivity index (χ1) is 9.93. The van der Waals surface area contributed by atoms with Gasteiger partial charge in [-0.25, -0.2) is 4.39 Å². The molecule has 2 aromatic rings. The second-order valence-corrected chi connectivity index (χ2v) is 5.61. The summed E-state index contributed by atoms with van der Waals surface area (Å²) < 4.78 is 25.0. The Kier molecular flexibility index (Phi) is 5.08. The molecule has 2 rings (SSSR count). The molecule has 0 spiro atoms. The average Bonchev–Trinajstić information content (AvgIpc) is 2.44. The SMILES string of the molecule is COc1cccc(Oc2cc(F)c(Cl)cc2Br)c1[C@@H](C)O. The smallest absolute Gasteiger partial charge is 0.145 e. The Balaban J connectivity index is 2.47. The fourth-order valence-electron chi connectivity index (χ4n) is 1.90. The average molecular weight is 376 g/mol. The fourth-order valence-corrected chi connectivity index (χ4v) is 2.62. The van der Waals surface area contributed by atoms with Crippen LogP contribution in [0.3, 0.4) is 0 Å². The molecule has 1 atom stereocenters. The monoisotopic (exact) mass is 374 g/mol. The van der Waals surface area contributed by atoms with Gasteiger partial charge in [-0.1, -0.05) is 17.7 Å². The number of hydrogen-bond donors (Lipinski definition) is 1. The van der Waals surface area contributed by atoms with Gasteiger partial charge in [-0.05, 0) is 41.1 Å². The third kappa shape index (κ3) is 3.48. The first kappa shape index (κ1) is 16.1. The van der Waals surface area contributed by atoms with Gasteiger partial charge in [-0.15, -0.1) is 0 Å². The second kappa shape index (κ2) is 6.64. The summed E-state index contributed by atoms with van der Waals surface area (Å²) in [6.45, 7) is 1.60. The van der Waals surface area contributed by atoms with Crippen LogP contribution in [0.15, 0.2) is 34.8 Å². The van der Waals surface area contributed by atoms with E-state index in [0.29, 0.717) is 21.5 Å². The summed E-state index contributed by atoms with van der Waals surface area (Å²) in [7, 11) is 1.50. The Morgan fingerprint density at radius 2 is 1.90 bits per heavy atom. The molecule has 21 heavy (non-hydrogen) atoms. The predicted octanol–water partition coefficient (Wildman–Crippen LogP) is 5.10. The van der Waals surface area contributed by atoms with Gasteiger partial charge in [0.05, 0.1) is 28.3 Å². The molecule has 0 radical (unpaired) electrons. The van der Waals surface area contributed by atoms with E-state index in [4.69, 9.17) is 21.1 Å². The molecule has 0 saturated heterocycles. The van der Waals surface area contributed by atoms with Crippen LogP contribution in [0.5, 0.6) is 17.2 Å². The van der Waals surface area contributed by atoms with E-state index < -0.39 is 11.9 Å². The lowest BCUT2D eigenvalue weighted by Gasteiger charge is -2.17. The Bertz CT molecular complexity index is 662. The third-order valence-corrected chi connectivity index (χ3v) is 3.77. The van der Waals surface area contributed by atoms with Gasteiger partial charge in [-0.3, -0.25) is 0 Å². The first-order valence-electron chi connectivity index (χ1n) is 6.11. The van der Waals surface area contributed by atoms with Crippen LogP contribution >= 0.6 is 27.5 Å². The zero-order valence-electron chi connectivity index (χ0n) is 11.4. The van der Waals surface area contributed by atoms with Crippen LogP contribution in [0.1, 0.15) is 18.6 Å². The van der Waals surface area contributed by atoms with Crippen molar-refractivity contribution in [3.8, 4) is 17.2 Å². The topological polar surface area (TPSA) is 38.7 Å². The summed E-state index contributed by atoms with van der Waals surface area (Å²) in [5.41, 5.74) is 0.488. The summed E-state index contributed by atoms with van der Waals surface area (Å²) in [4.78, 5) is 0. The van der Waals surface area contributed by atoms with Crippen molar-refractivity contribution in [1.82, 2.24) is 0 Å². The molecule has 1 N–H and O–H groups in total. The maximum Gasteiger partial charge on any atom is 0.145 e. The van der Waals surface area contributed by atoms with Gasteiger partial charge < -0.3 is 14.6 Å². The second-order valence-electron chi connectivity index (χ2n) is 4.35. The summed E-state index contributed by atoms with van der Waals surface area (Å²) in [6.07, 6.45) is -0.799. The van der Waals surface area contributed by atoms with Crippen molar-refractivity contribution < 1.29 is 19.0 Å². The van der Waals surface area contributed by atoms with Crippen molar-refractivity contribution in [2.75, 3.05) is 7.11 Å². The molecule has 0 unspecified atom stereocenters. The van der Waals surface area contributed by atoms with Gasteiger partial charge in [0, 0.05) is 6.07 Å². The van der Waals surface area contributed by atoms with Gasteiger partial charge in [0.15, 0.2) is 0 Å². The normalized spacial score (nSPS) is 12.1. The highest BCUT2D eigenvalue weighted by Gasteiger charge is 2.17. The lowest BCUT2D eigenvalue weighted by atomic mass is 10.1. The molecule has 6 heteroatoms. The van der Waals surface area contributed by atoms with E-state index in [2.05, 4.69) is 15.9 Å². The number of ether oxygens (including phenoxy) is 2. The van der Waals surface area contributed by atoms with Crippen LogP contribution in [0.25, 0.3) is 0 Å². The van der Waals surface area contributed by atoms with Crippen LogP contribution < -0.4 is 9.47 Å². The zero-order chi connectivity index (χ0) is 15.6. The quantitative estimate of drug-likeness (QED) is 0.756. The minimum Gasteiger partial charge on any atom is -0.496 e. The van der Waals surface area contributed by atoms with E-state index in [9.17, 15) is 9.50 Å². The van der Waals surface area contributed by atoms with E-state index in [1.165, 1.54) is 19.2 Å². The van der Waals surface area contributed by atoms with E-state index in [0.717, 1.165) is 0 Å². The summed E-state index contributed by atoms with van der Waals surface area (Å²) in [6, 6.07) is 7.70. The third-order valence-electron chi connectivity index (χ3n) is 2.86. The molecule has 0 aliphatic carbocycles. The maximum atomic E-state index is 13.6. The van der Waals surface area contributed by atoms with E-state index in [1.54, 1.807) is 25.1 Å². The Hall–Kier alpha value is -1.30. The number of methoxy groups -OCH3 is 1. The van der Waals surface area contributed by atoms with Crippen molar-refractivity contribution >= 4 is 27.5 Å². The molecule has 0 saturated carbocycles. The van der Waals surface area contributed by atoms with Crippen LogP contribution in [0.4, 0.5) is 4.39 Å². The Morgan fingerprint density at radius 1 is 1.24 bits per heavy atom. The van der Waals surface area contributed by atoms with E-state index >= 15 is 0 Å². The highest BCUT2D eigenvalue weighted by molar-refractivity contribution is 9.10. The predicted molar refractivity (Wildman–Crippen MR) is 82.8 cm³/mol. The molecule has 3 nitrogen and oxygen atoms in total. The van der Waals surface area contributed by atoms with Crippen LogP contribution in [-0.4, -0.2) is 12.2 Å². The number of rotatable bonds is 4. The van der Waals surface area contributed by atoms with Crippen molar-refractivity contribution in [1.29, 1.82) is 0 Å². The molecule has 2 aromatic carbocycles. The first-order valence-corrected chi connectivity index (χ1v) is 7.28. The Morgan fingerprint density at radius 3 is 2.52 bits per heavy atom. The summed E-state index contributed by atoms with van der Waals surface area (Å²) in [5.74, 6) is 0.545. The lowest BCUT2D eigenvalue weighted by Crippen LogP contribution is -2.00. The van der Waals surface area contributed by atoms with Crippen molar-refractivity contribution in [3.63, 3.8) is 0 Å². The van der Waals surface area contributed by atoms with Gasteiger partial charge in [0.1, 0.15) is 23.1 Å². The van der Waals surface area contributed by atoms with Crippen LogP contribution in [-0.2, 0) is 0 Å². The summed E-state index contributed by atoms with van der Waals surface area (Å²) in [5, 5.41) is 9.89.